The molecule has 0 saturated carbocycles. The van der Waals surface area contributed by atoms with Gasteiger partial charge in [-0.05, 0) is 29.8 Å². The van der Waals surface area contributed by atoms with Crippen LogP contribution in [0.2, 0.25) is 10.0 Å². The van der Waals surface area contributed by atoms with Crippen LogP contribution in [0.25, 0.3) is 0 Å². The highest BCUT2D eigenvalue weighted by molar-refractivity contribution is 7.99. The van der Waals surface area contributed by atoms with E-state index in [1.807, 2.05) is 11.0 Å². The Bertz CT molecular complexity index is 863. The maximum atomic E-state index is 12.5. The van der Waals surface area contributed by atoms with Crippen LogP contribution >= 0.6 is 35.0 Å². The average Bonchev–Trinajstić information content (AvgIpc) is 2.69. The molecule has 1 amide bonds. The molecule has 0 radical (unpaired) electrons. The quantitative estimate of drug-likeness (QED) is 0.734. The molecule has 5 nitrogen and oxygen atoms in total. The molecule has 0 aliphatic carbocycles. The summed E-state index contributed by atoms with van der Waals surface area (Å²) in [5.41, 5.74) is 1.54. The van der Waals surface area contributed by atoms with Crippen LogP contribution in [0.1, 0.15) is 11.1 Å². The number of piperazine rings is 1. The van der Waals surface area contributed by atoms with E-state index < -0.39 is 0 Å². The number of nitrogens with zero attached hydrogens (tertiary/aromatic N) is 4. The summed E-state index contributed by atoms with van der Waals surface area (Å²) in [6.07, 6.45) is 1.69. The average molecular weight is 421 g/mol. The third-order valence-electron chi connectivity index (χ3n) is 4.34. The number of anilines is 1. The minimum absolute atomic E-state index is 0.117. The van der Waals surface area contributed by atoms with Crippen molar-refractivity contribution >= 4 is 46.7 Å². The second kappa shape index (κ2) is 9.32. The Morgan fingerprint density at radius 1 is 1.22 bits per heavy atom. The zero-order valence-corrected chi connectivity index (χ0v) is 16.9. The minimum atomic E-state index is 0.117. The standard InChI is InChI=1S/C19H18Cl2N4OS/c20-16-4-3-15(17(21)10-16)12-27-13-18(26)24-6-8-25(9-7-24)19-14(11-22)2-1-5-23-19/h1-5,10H,6-9,12-13H2. The van der Waals surface area contributed by atoms with Crippen molar-refractivity contribution in [3.63, 3.8) is 0 Å². The lowest BCUT2D eigenvalue weighted by Gasteiger charge is -2.35. The van der Waals surface area contributed by atoms with Gasteiger partial charge < -0.3 is 9.80 Å². The lowest BCUT2D eigenvalue weighted by Crippen LogP contribution is -2.49. The third kappa shape index (κ3) is 5.07. The maximum absolute atomic E-state index is 12.5. The van der Waals surface area contributed by atoms with Gasteiger partial charge in [-0.2, -0.15) is 5.26 Å². The number of pyridine rings is 1. The first-order valence-electron chi connectivity index (χ1n) is 8.48. The number of nitriles is 1. The molecular weight excluding hydrogens is 403 g/mol. The molecule has 0 atom stereocenters. The molecule has 0 bridgehead atoms. The van der Waals surface area contributed by atoms with Crippen molar-refractivity contribution in [2.75, 3.05) is 36.8 Å². The summed E-state index contributed by atoms with van der Waals surface area (Å²) >= 11 is 13.6. The number of benzene rings is 1. The van der Waals surface area contributed by atoms with Gasteiger partial charge in [0.2, 0.25) is 5.91 Å². The predicted molar refractivity (Wildman–Crippen MR) is 110 cm³/mol. The molecule has 0 N–H and O–H groups in total. The van der Waals surface area contributed by atoms with Gasteiger partial charge in [0.25, 0.3) is 0 Å². The summed E-state index contributed by atoms with van der Waals surface area (Å²) in [6.45, 7) is 2.60. The normalized spacial score (nSPS) is 14.1. The maximum Gasteiger partial charge on any atom is 0.232 e. The molecule has 3 rings (SSSR count). The smallest absolute Gasteiger partial charge is 0.232 e. The second-order valence-electron chi connectivity index (χ2n) is 6.08. The lowest BCUT2D eigenvalue weighted by molar-refractivity contribution is -0.128. The van der Waals surface area contributed by atoms with E-state index in [0.29, 0.717) is 59.1 Å². The first-order chi connectivity index (χ1) is 13.1. The van der Waals surface area contributed by atoms with Crippen LogP contribution in [-0.2, 0) is 10.5 Å². The van der Waals surface area contributed by atoms with Gasteiger partial charge in [0, 0.05) is 48.2 Å². The van der Waals surface area contributed by atoms with Gasteiger partial charge in [0.05, 0.1) is 11.3 Å². The molecule has 2 aromatic rings. The van der Waals surface area contributed by atoms with Crippen molar-refractivity contribution < 1.29 is 4.79 Å². The van der Waals surface area contributed by atoms with Crippen LogP contribution in [0.5, 0.6) is 0 Å². The Balaban J connectivity index is 1.48. The fourth-order valence-electron chi connectivity index (χ4n) is 2.88. The Hall–Kier alpha value is -1.94. The molecule has 1 fully saturated rings. The summed E-state index contributed by atoms with van der Waals surface area (Å²) < 4.78 is 0. The van der Waals surface area contributed by atoms with E-state index >= 15 is 0 Å². The number of aromatic nitrogens is 1. The van der Waals surface area contributed by atoms with Crippen molar-refractivity contribution in [1.29, 1.82) is 5.26 Å². The lowest BCUT2D eigenvalue weighted by atomic mass is 10.2. The molecule has 1 saturated heterocycles. The number of thioether (sulfide) groups is 1. The molecule has 0 spiro atoms. The van der Waals surface area contributed by atoms with E-state index in [9.17, 15) is 10.1 Å². The largest absolute Gasteiger partial charge is 0.352 e. The van der Waals surface area contributed by atoms with Crippen LogP contribution < -0.4 is 4.90 Å². The van der Waals surface area contributed by atoms with Crippen molar-refractivity contribution in [1.82, 2.24) is 9.88 Å². The van der Waals surface area contributed by atoms with Crippen molar-refractivity contribution in [2.24, 2.45) is 0 Å². The highest BCUT2D eigenvalue weighted by Crippen LogP contribution is 2.25. The van der Waals surface area contributed by atoms with Crippen molar-refractivity contribution in [3.05, 3.63) is 57.7 Å². The van der Waals surface area contributed by atoms with Crippen LogP contribution in [0.4, 0.5) is 5.82 Å². The highest BCUT2D eigenvalue weighted by atomic mass is 35.5. The van der Waals surface area contributed by atoms with E-state index in [4.69, 9.17) is 23.2 Å². The molecule has 1 aliphatic heterocycles. The first kappa shape index (κ1) is 19.8. The number of carbonyl (C=O) groups is 1. The zero-order valence-electron chi connectivity index (χ0n) is 14.6. The topological polar surface area (TPSA) is 60.2 Å². The van der Waals surface area contributed by atoms with Gasteiger partial charge in [0.15, 0.2) is 0 Å². The van der Waals surface area contributed by atoms with E-state index in [-0.39, 0.29) is 5.91 Å². The fourth-order valence-corrected chi connectivity index (χ4v) is 4.37. The predicted octanol–water partition coefficient (Wildman–Crippen LogP) is 3.84. The molecule has 8 heteroatoms. The number of carbonyl (C=O) groups excluding carboxylic acids is 1. The summed E-state index contributed by atoms with van der Waals surface area (Å²) in [6, 6.07) is 11.1. The Kier molecular flexibility index (Phi) is 6.84. The summed E-state index contributed by atoms with van der Waals surface area (Å²) in [7, 11) is 0. The molecule has 2 heterocycles. The van der Waals surface area contributed by atoms with Gasteiger partial charge in [-0.3, -0.25) is 4.79 Å². The third-order valence-corrected chi connectivity index (χ3v) is 5.89. The summed E-state index contributed by atoms with van der Waals surface area (Å²) in [5, 5.41) is 10.4. The Morgan fingerprint density at radius 3 is 2.70 bits per heavy atom. The minimum Gasteiger partial charge on any atom is -0.352 e. The van der Waals surface area contributed by atoms with E-state index in [2.05, 4.69) is 16.0 Å². The van der Waals surface area contributed by atoms with Gasteiger partial charge in [-0.25, -0.2) is 4.98 Å². The van der Waals surface area contributed by atoms with Crippen molar-refractivity contribution in [2.45, 2.75) is 5.75 Å². The van der Waals surface area contributed by atoms with Crippen LogP contribution in [0.3, 0.4) is 0 Å². The van der Waals surface area contributed by atoms with Crippen LogP contribution in [-0.4, -0.2) is 47.7 Å². The molecule has 140 valence electrons. The molecule has 1 aliphatic rings. The summed E-state index contributed by atoms with van der Waals surface area (Å²) in [4.78, 5) is 20.7. The molecular formula is C19H18Cl2N4OS. The second-order valence-corrected chi connectivity index (χ2v) is 7.91. The number of hydrogen-bond acceptors (Lipinski definition) is 5. The number of rotatable bonds is 5. The first-order valence-corrected chi connectivity index (χ1v) is 10.4. The number of halogens is 2. The van der Waals surface area contributed by atoms with E-state index in [0.717, 1.165) is 5.56 Å². The SMILES string of the molecule is N#Cc1cccnc1N1CCN(C(=O)CSCc2ccc(Cl)cc2Cl)CC1. The molecule has 1 aromatic heterocycles. The van der Waals surface area contributed by atoms with Gasteiger partial charge in [-0.1, -0.05) is 29.3 Å². The van der Waals surface area contributed by atoms with Crippen molar-refractivity contribution in [3.8, 4) is 6.07 Å². The molecule has 27 heavy (non-hydrogen) atoms. The van der Waals surface area contributed by atoms with E-state index in [1.165, 1.54) is 0 Å². The fraction of sp³-hybridized carbons (Fsp3) is 0.316. The van der Waals surface area contributed by atoms with Gasteiger partial charge >= 0.3 is 0 Å². The van der Waals surface area contributed by atoms with Gasteiger partial charge in [0.1, 0.15) is 11.9 Å². The monoisotopic (exact) mass is 420 g/mol. The summed E-state index contributed by atoms with van der Waals surface area (Å²) in [5.74, 6) is 1.89. The van der Waals surface area contributed by atoms with E-state index in [1.54, 1.807) is 42.2 Å². The molecule has 1 aromatic carbocycles. The Morgan fingerprint density at radius 2 is 2.00 bits per heavy atom. The number of amides is 1. The molecule has 0 unspecified atom stereocenters. The van der Waals surface area contributed by atoms with Crippen LogP contribution in [0.15, 0.2) is 36.5 Å². The highest BCUT2D eigenvalue weighted by Gasteiger charge is 2.23. The van der Waals surface area contributed by atoms with Gasteiger partial charge in [-0.15, -0.1) is 11.8 Å². The Labute approximate surface area is 172 Å². The van der Waals surface area contributed by atoms with Crippen LogP contribution in [0, 0.1) is 11.3 Å². The number of hydrogen-bond donors (Lipinski definition) is 0. The zero-order chi connectivity index (χ0) is 19.2.